The number of amides is 1. The van der Waals surface area contributed by atoms with Gasteiger partial charge in [-0.1, -0.05) is 24.3 Å². The van der Waals surface area contributed by atoms with Gasteiger partial charge in [-0.15, -0.1) is 0 Å². The number of aryl methyl sites for hydroxylation is 1. The van der Waals surface area contributed by atoms with Crippen LogP contribution in [-0.2, 0) is 6.42 Å². The molecule has 0 saturated heterocycles. The van der Waals surface area contributed by atoms with Gasteiger partial charge in [-0.2, -0.15) is 0 Å². The Morgan fingerprint density at radius 3 is 2.95 bits per heavy atom. The summed E-state index contributed by atoms with van der Waals surface area (Å²) in [4.78, 5) is 26.6. The van der Waals surface area contributed by atoms with Crippen LogP contribution in [0.5, 0.6) is 0 Å². The van der Waals surface area contributed by atoms with Crippen molar-refractivity contribution in [3.63, 3.8) is 0 Å². The second-order valence-corrected chi connectivity index (χ2v) is 5.20. The molecule has 1 aromatic heterocycles. The number of aromatic nitrogens is 1. The van der Waals surface area contributed by atoms with E-state index in [1.807, 2.05) is 12.1 Å². The third kappa shape index (κ3) is 2.25. The van der Waals surface area contributed by atoms with E-state index in [0.717, 1.165) is 12.1 Å². The lowest BCUT2D eigenvalue weighted by Gasteiger charge is -2.30. The molecular formula is C16H16N2O2. The summed E-state index contributed by atoms with van der Waals surface area (Å²) in [6, 6.07) is 9.68. The van der Waals surface area contributed by atoms with Crippen molar-refractivity contribution in [1.82, 2.24) is 10.3 Å². The summed E-state index contributed by atoms with van der Waals surface area (Å²) in [7, 11) is 0. The molecule has 0 bridgehead atoms. The molecule has 0 saturated carbocycles. The SMILES string of the molecule is Cc1cc(=O)c(C(=O)NCC2Cc3ccccc32)c[nH]1. The first-order valence-corrected chi connectivity index (χ1v) is 6.70. The topological polar surface area (TPSA) is 62.0 Å². The summed E-state index contributed by atoms with van der Waals surface area (Å²) in [6.45, 7) is 2.36. The van der Waals surface area contributed by atoms with Gasteiger partial charge in [-0.25, -0.2) is 0 Å². The minimum absolute atomic E-state index is 0.170. The van der Waals surface area contributed by atoms with Crippen LogP contribution < -0.4 is 10.7 Å². The molecule has 2 N–H and O–H groups in total. The van der Waals surface area contributed by atoms with Gasteiger partial charge in [0, 0.05) is 30.4 Å². The number of H-pyrrole nitrogens is 1. The molecule has 2 aromatic rings. The molecule has 0 radical (unpaired) electrons. The summed E-state index contributed by atoms with van der Waals surface area (Å²) < 4.78 is 0. The summed E-state index contributed by atoms with van der Waals surface area (Å²) >= 11 is 0. The monoisotopic (exact) mass is 268 g/mol. The van der Waals surface area contributed by atoms with Crippen molar-refractivity contribution in [3.8, 4) is 0 Å². The van der Waals surface area contributed by atoms with E-state index in [1.165, 1.54) is 23.4 Å². The number of carbonyl (C=O) groups excluding carboxylic acids is 1. The third-order valence-electron chi connectivity index (χ3n) is 3.77. The first-order valence-electron chi connectivity index (χ1n) is 6.70. The minimum Gasteiger partial charge on any atom is -0.364 e. The zero-order valence-corrected chi connectivity index (χ0v) is 11.3. The predicted octanol–water partition coefficient (Wildman–Crippen LogP) is 1.75. The van der Waals surface area contributed by atoms with Crippen molar-refractivity contribution >= 4 is 5.91 Å². The highest BCUT2D eigenvalue weighted by molar-refractivity contribution is 5.93. The number of nitrogens with one attached hydrogen (secondary N) is 2. The second kappa shape index (κ2) is 4.96. The van der Waals surface area contributed by atoms with Crippen LogP contribution in [0.2, 0.25) is 0 Å². The number of fused-ring (bicyclic) bond motifs is 1. The molecule has 1 amide bonds. The van der Waals surface area contributed by atoms with Crippen molar-refractivity contribution in [1.29, 1.82) is 0 Å². The fourth-order valence-corrected chi connectivity index (χ4v) is 2.61. The van der Waals surface area contributed by atoms with E-state index in [1.54, 1.807) is 6.92 Å². The molecule has 1 aromatic carbocycles. The van der Waals surface area contributed by atoms with E-state index in [2.05, 4.69) is 22.4 Å². The van der Waals surface area contributed by atoms with Gasteiger partial charge in [-0.05, 0) is 24.5 Å². The van der Waals surface area contributed by atoms with Crippen LogP contribution in [0.1, 0.15) is 33.1 Å². The molecule has 4 nitrogen and oxygen atoms in total. The Labute approximate surface area is 116 Å². The van der Waals surface area contributed by atoms with Gasteiger partial charge in [0.1, 0.15) is 5.56 Å². The third-order valence-corrected chi connectivity index (χ3v) is 3.77. The minimum atomic E-state index is -0.310. The van der Waals surface area contributed by atoms with Crippen LogP contribution >= 0.6 is 0 Å². The number of hydrogen-bond donors (Lipinski definition) is 2. The Morgan fingerprint density at radius 2 is 2.20 bits per heavy atom. The number of carbonyl (C=O) groups is 1. The predicted molar refractivity (Wildman–Crippen MR) is 77.0 cm³/mol. The summed E-state index contributed by atoms with van der Waals surface area (Å²) in [5, 5.41) is 2.84. The Balaban J connectivity index is 1.65. The summed E-state index contributed by atoms with van der Waals surface area (Å²) in [5.41, 5.74) is 3.32. The fourth-order valence-electron chi connectivity index (χ4n) is 2.61. The molecule has 4 heteroatoms. The van der Waals surface area contributed by atoms with Crippen LogP contribution in [-0.4, -0.2) is 17.4 Å². The van der Waals surface area contributed by atoms with Crippen molar-refractivity contribution in [2.75, 3.05) is 6.54 Å². The Hall–Kier alpha value is -2.36. The number of benzene rings is 1. The normalized spacial score (nSPS) is 16.1. The molecule has 1 unspecified atom stereocenters. The van der Waals surface area contributed by atoms with Crippen LogP contribution in [0.25, 0.3) is 0 Å². The summed E-state index contributed by atoms with van der Waals surface area (Å²) in [6.07, 6.45) is 2.46. The highest BCUT2D eigenvalue weighted by Crippen LogP contribution is 2.33. The molecular weight excluding hydrogens is 252 g/mol. The zero-order chi connectivity index (χ0) is 14.1. The molecule has 1 atom stereocenters. The van der Waals surface area contributed by atoms with Crippen molar-refractivity contribution < 1.29 is 4.79 Å². The van der Waals surface area contributed by atoms with Crippen molar-refractivity contribution in [2.24, 2.45) is 0 Å². The van der Waals surface area contributed by atoms with Gasteiger partial charge in [0.2, 0.25) is 0 Å². The highest BCUT2D eigenvalue weighted by Gasteiger charge is 2.25. The standard InChI is InChI=1S/C16H16N2O2/c1-10-6-15(19)14(9-17-10)16(20)18-8-12-7-11-4-2-3-5-13(11)12/h2-6,9,12H,7-8H2,1H3,(H,17,19)(H,18,20). The number of pyridine rings is 1. The van der Waals surface area contributed by atoms with Gasteiger partial charge >= 0.3 is 0 Å². The lowest BCUT2D eigenvalue weighted by molar-refractivity contribution is 0.0948. The first-order chi connectivity index (χ1) is 9.65. The number of rotatable bonds is 3. The van der Waals surface area contributed by atoms with Crippen LogP contribution in [0, 0.1) is 6.92 Å². The molecule has 1 aliphatic rings. The quantitative estimate of drug-likeness (QED) is 0.891. The Morgan fingerprint density at radius 1 is 1.40 bits per heavy atom. The largest absolute Gasteiger partial charge is 0.364 e. The number of aromatic amines is 1. The van der Waals surface area contributed by atoms with Crippen LogP contribution in [0.3, 0.4) is 0 Å². The van der Waals surface area contributed by atoms with Gasteiger partial charge in [0.25, 0.3) is 5.91 Å². The van der Waals surface area contributed by atoms with Crippen LogP contribution in [0.15, 0.2) is 41.3 Å². The Bertz CT molecular complexity index is 718. The van der Waals surface area contributed by atoms with E-state index >= 15 is 0 Å². The highest BCUT2D eigenvalue weighted by atomic mass is 16.2. The average Bonchev–Trinajstić information content (AvgIpc) is 2.39. The van der Waals surface area contributed by atoms with Crippen molar-refractivity contribution in [3.05, 3.63) is 69.1 Å². The van der Waals surface area contributed by atoms with E-state index in [-0.39, 0.29) is 16.9 Å². The number of hydrogen-bond acceptors (Lipinski definition) is 2. The molecule has 1 heterocycles. The molecule has 0 fully saturated rings. The fraction of sp³-hybridized carbons (Fsp3) is 0.250. The summed E-state index contributed by atoms with van der Waals surface area (Å²) in [5.74, 6) is 0.0512. The smallest absolute Gasteiger partial charge is 0.256 e. The molecule has 1 aliphatic carbocycles. The van der Waals surface area contributed by atoms with E-state index in [0.29, 0.717) is 12.5 Å². The maximum Gasteiger partial charge on any atom is 0.256 e. The maximum absolute atomic E-state index is 12.0. The lowest BCUT2D eigenvalue weighted by Crippen LogP contribution is -2.35. The first kappa shape index (κ1) is 12.7. The van der Waals surface area contributed by atoms with Gasteiger partial charge in [-0.3, -0.25) is 9.59 Å². The van der Waals surface area contributed by atoms with Crippen LogP contribution in [0.4, 0.5) is 0 Å². The molecule has 20 heavy (non-hydrogen) atoms. The van der Waals surface area contributed by atoms with Crippen molar-refractivity contribution in [2.45, 2.75) is 19.3 Å². The Kier molecular flexibility index (Phi) is 3.14. The van der Waals surface area contributed by atoms with Gasteiger partial charge < -0.3 is 10.3 Å². The average molecular weight is 268 g/mol. The van der Waals surface area contributed by atoms with E-state index in [9.17, 15) is 9.59 Å². The molecule has 3 rings (SSSR count). The molecule has 102 valence electrons. The van der Waals surface area contributed by atoms with E-state index < -0.39 is 0 Å². The second-order valence-electron chi connectivity index (χ2n) is 5.20. The molecule has 0 spiro atoms. The zero-order valence-electron chi connectivity index (χ0n) is 11.3. The molecule has 0 aliphatic heterocycles. The van der Waals surface area contributed by atoms with Gasteiger partial charge in [0.15, 0.2) is 5.43 Å². The maximum atomic E-state index is 12.0. The lowest BCUT2D eigenvalue weighted by atomic mass is 9.77. The van der Waals surface area contributed by atoms with Gasteiger partial charge in [0.05, 0.1) is 0 Å². The van der Waals surface area contributed by atoms with E-state index in [4.69, 9.17) is 0 Å².